The molecule has 1 fully saturated rings. The summed E-state index contributed by atoms with van der Waals surface area (Å²) in [5, 5.41) is 3.09. The molecule has 1 aromatic rings. The number of amides is 1. The zero-order valence-electron chi connectivity index (χ0n) is 9.20. The van der Waals surface area contributed by atoms with Gasteiger partial charge in [-0.15, -0.1) is 0 Å². The minimum absolute atomic E-state index is 0.00432. The number of alkyl halides is 2. The predicted molar refractivity (Wildman–Crippen MR) is 59.7 cm³/mol. The lowest BCUT2D eigenvalue weighted by Gasteiger charge is -2.16. The number of primary amides is 1. The molecule has 2 atom stereocenters. The number of benzene rings is 1. The number of rotatable bonds is 3. The van der Waals surface area contributed by atoms with Crippen LogP contribution in [0.15, 0.2) is 24.3 Å². The third kappa shape index (κ3) is 2.44. The second-order valence-corrected chi connectivity index (χ2v) is 4.24. The molecule has 0 spiro atoms. The maximum atomic E-state index is 12.4. The van der Waals surface area contributed by atoms with Gasteiger partial charge in [0.05, 0.1) is 5.92 Å². The molecule has 0 aromatic heterocycles. The van der Waals surface area contributed by atoms with Gasteiger partial charge >= 0.3 is 0 Å². The van der Waals surface area contributed by atoms with E-state index in [1.807, 2.05) is 0 Å². The van der Waals surface area contributed by atoms with Gasteiger partial charge in [-0.1, -0.05) is 24.3 Å². The van der Waals surface area contributed by atoms with E-state index in [0.717, 1.165) is 5.56 Å². The van der Waals surface area contributed by atoms with Gasteiger partial charge in [0.2, 0.25) is 5.91 Å². The highest BCUT2D eigenvalue weighted by atomic mass is 19.3. The third-order valence-electron chi connectivity index (χ3n) is 3.20. The molecule has 1 aromatic carbocycles. The Morgan fingerprint density at radius 1 is 1.29 bits per heavy atom. The molecule has 0 saturated carbocycles. The van der Waals surface area contributed by atoms with Crippen LogP contribution in [0, 0.1) is 5.92 Å². The molecule has 1 saturated heterocycles. The summed E-state index contributed by atoms with van der Waals surface area (Å²) in [5.41, 5.74) is 6.18. The number of halogens is 2. The van der Waals surface area contributed by atoms with E-state index in [2.05, 4.69) is 5.32 Å². The van der Waals surface area contributed by atoms with Gasteiger partial charge in [0.25, 0.3) is 6.43 Å². The van der Waals surface area contributed by atoms with Gasteiger partial charge < -0.3 is 11.1 Å². The Bertz CT molecular complexity index is 405. The molecular weight excluding hydrogens is 226 g/mol. The minimum atomic E-state index is -2.46. The summed E-state index contributed by atoms with van der Waals surface area (Å²) in [7, 11) is 0. The zero-order valence-corrected chi connectivity index (χ0v) is 9.20. The molecule has 1 heterocycles. The number of nitrogens with one attached hydrogen (secondary N) is 1. The highest BCUT2D eigenvalue weighted by Gasteiger charge is 2.32. The van der Waals surface area contributed by atoms with Crippen LogP contribution < -0.4 is 11.1 Å². The number of hydrogen-bond donors (Lipinski definition) is 2. The van der Waals surface area contributed by atoms with Crippen LogP contribution >= 0.6 is 0 Å². The fourth-order valence-electron chi connectivity index (χ4n) is 2.22. The average Bonchev–Trinajstić information content (AvgIpc) is 2.78. The number of hydrogen-bond acceptors (Lipinski definition) is 2. The van der Waals surface area contributed by atoms with Crippen molar-refractivity contribution in [3.63, 3.8) is 0 Å². The van der Waals surface area contributed by atoms with Gasteiger partial charge in [-0.2, -0.15) is 0 Å². The summed E-state index contributed by atoms with van der Waals surface area (Å²) in [4.78, 5) is 11.2. The molecule has 3 nitrogen and oxygen atoms in total. The summed E-state index contributed by atoms with van der Waals surface area (Å²) < 4.78 is 24.8. The quantitative estimate of drug-likeness (QED) is 0.839. The van der Waals surface area contributed by atoms with Crippen molar-refractivity contribution in [2.24, 2.45) is 11.7 Å². The first-order valence-electron chi connectivity index (χ1n) is 5.47. The van der Waals surface area contributed by atoms with E-state index in [-0.39, 0.29) is 23.3 Å². The molecule has 1 amide bonds. The Balaban J connectivity index is 2.19. The first-order valence-corrected chi connectivity index (χ1v) is 5.47. The number of carbonyl (C=O) groups is 1. The Hall–Kier alpha value is -1.49. The van der Waals surface area contributed by atoms with E-state index in [4.69, 9.17) is 5.73 Å². The second-order valence-electron chi connectivity index (χ2n) is 4.24. The normalized spacial score (nSPS) is 24.2. The summed E-state index contributed by atoms with van der Waals surface area (Å²) in [6, 6.07) is 6.09. The third-order valence-corrected chi connectivity index (χ3v) is 3.20. The van der Waals surface area contributed by atoms with Gasteiger partial charge in [0.15, 0.2) is 0 Å². The first kappa shape index (κ1) is 12.0. The fraction of sp³-hybridized carbons (Fsp3) is 0.417. The zero-order chi connectivity index (χ0) is 12.4. The smallest absolute Gasteiger partial charge is 0.263 e. The van der Waals surface area contributed by atoms with Crippen molar-refractivity contribution in [2.45, 2.75) is 12.3 Å². The molecule has 0 aliphatic carbocycles. The topological polar surface area (TPSA) is 55.1 Å². The fourth-order valence-corrected chi connectivity index (χ4v) is 2.22. The number of carbonyl (C=O) groups excluding carboxylic acids is 1. The van der Waals surface area contributed by atoms with Gasteiger partial charge in [-0.3, -0.25) is 4.79 Å². The largest absolute Gasteiger partial charge is 0.369 e. The van der Waals surface area contributed by atoms with Crippen LogP contribution in [0.25, 0.3) is 0 Å². The SMILES string of the molecule is NC(=O)C1CNCC1c1ccc(C(F)F)cc1. The minimum Gasteiger partial charge on any atom is -0.369 e. The van der Waals surface area contributed by atoms with Crippen LogP contribution in [0.1, 0.15) is 23.5 Å². The molecule has 1 aliphatic heterocycles. The van der Waals surface area contributed by atoms with Crippen molar-refractivity contribution in [1.29, 1.82) is 0 Å². The lowest BCUT2D eigenvalue weighted by molar-refractivity contribution is -0.121. The van der Waals surface area contributed by atoms with Crippen molar-refractivity contribution >= 4 is 5.91 Å². The van der Waals surface area contributed by atoms with E-state index in [0.29, 0.717) is 13.1 Å². The molecule has 2 rings (SSSR count). The molecule has 3 N–H and O–H groups in total. The first-order chi connectivity index (χ1) is 8.09. The average molecular weight is 240 g/mol. The van der Waals surface area contributed by atoms with E-state index >= 15 is 0 Å². The lowest BCUT2D eigenvalue weighted by Crippen LogP contribution is -2.28. The van der Waals surface area contributed by atoms with Gasteiger partial charge in [-0.05, 0) is 5.56 Å². The van der Waals surface area contributed by atoms with Crippen molar-refractivity contribution in [3.05, 3.63) is 35.4 Å². The highest BCUT2D eigenvalue weighted by Crippen LogP contribution is 2.29. The monoisotopic (exact) mass is 240 g/mol. The maximum absolute atomic E-state index is 12.4. The summed E-state index contributed by atoms with van der Waals surface area (Å²) in [5.74, 6) is -0.621. The van der Waals surface area contributed by atoms with E-state index in [1.54, 1.807) is 12.1 Å². The molecule has 92 valence electrons. The Morgan fingerprint density at radius 2 is 1.94 bits per heavy atom. The van der Waals surface area contributed by atoms with Crippen molar-refractivity contribution < 1.29 is 13.6 Å². The van der Waals surface area contributed by atoms with Crippen LogP contribution in [-0.2, 0) is 4.79 Å². The Morgan fingerprint density at radius 3 is 2.47 bits per heavy atom. The predicted octanol–water partition coefficient (Wildman–Crippen LogP) is 1.41. The van der Waals surface area contributed by atoms with Crippen molar-refractivity contribution in [3.8, 4) is 0 Å². The molecular formula is C12H14F2N2O. The van der Waals surface area contributed by atoms with Crippen molar-refractivity contribution in [1.82, 2.24) is 5.32 Å². The summed E-state index contributed by atoms with van der Waals surface area (Å²) in [6.45, 7) is 1.21. The Kier molecular flexibility index (Phi) is 3.38. The standard InChI is InChI=1S/C12H14F2N2O/c13-11(14)8-3-1-7(2-4-8)9-5-16-6-10(9)12(15)17/h1-4,9-11,16H,5-6H2,(H2,15,17). The maximum Gasteiger partial charge on any atom is 0.263 e. The van der Waals surface area contributed by atoms with E-state index in [1.165, 1.54) is 12.1 Å². The van der Waals surface area contributed by atoms with Gasteiger partial charge in [0.1, 0.15) is 0 Å². The molecule has 1 aliphatic rings. The van der Waals surface area contributed by atoms with E-state index in [9.17, 15) is 13.6 Å². The molecule has 2 unspecified atom stereocenters. The van der Waals surface area contributed by atoms with Crippen LogP contribution in [-0.4, -0.2) is 19.0 Å². The molecule has 17 heavy (non-hydrogen) atoms. The van der Waals surface area contributed by atoms with E-state index < -0.39 is 6.43 Å². The van der Waals surface area contributed by atoms with Crippen molar-refractivity contribution in [2.75, 3.05) is 13.1 Å². The number of nitrogens with two attached hydrogens (primary N) is 1. The molecule has 0 radical (unpaired) electrons. The Labute approximate surface area is 98.0 Å². The van der Waals surface area contributed by atoms with Crippen LogP contribution in [0.2, 0.25) is 0 Å². The molecule has 5 heteroatoms. The van der Waals surface area contributed by atoms with Gasteiger partial charge in [0, 0.05) is 24.6 Å². The summed E-state index contributed by atoms with van der Waals surface area (Å²) in [6.07, 6.45) is -2.46. The van der Waals surface area contributed by atoms with Gasteiger partial charge in [-0.25, -0.2) is 8.78 Å². The lowest BCUT2D eigenvalue weighted by atomic mass is 9.88. The van der Waals surface area contributed by atoms with Crippen LogP contribution in [0.5, 0.6) is 0 Å². The highest BCUT2D eigenvalue weighted by molar-refractivity contribution is 5.78. The molecule has 0 bridgehead atoms. The summed E-state index contributed by atoms with van der Waals surface area (Å²) >= 11 is 0. The van der Waals surface area contributed by atoms with Crippen LogP contribution in [0.3, 0.4) is 0 Å². The van der Waals surface area contributed by atoms with Crippen LogP contribution in [0.4, 0.5) is 8.78 Å². The second kappa shape index (κ2) is 4.79.